The van der Waals surface area contributed by atoms with Gasteiger partial charge in [-0.25, -0.2) is 0 Å². The summed E-state index contributed by atoms with van der Waals surface area (Å²) in [5.74, 6) is 0. The van der Waals surface area contributed by atoms with E-state index in [0.29, 0.717) is 0 Å². The monoisotopic (exact) mass is 618 g/mol. The van der Waals surface area contributed by atoms with Crippen molar-refractivity contribution < 1.29 is 89.3 Å². The second kappa shape index (κ2) is 13.7. The molecular formula is C24H42O18. The van der Waals surface area contributed by atoms with E-state index < -0.39 is 129 Å². The van der Waals surface area contributed by atoms with Crippen LogP contribution in [0.4, 0.5) is 0 Å². The number of aliphatic hydroxyl groups excluding tert-OH is 11. The molecule has 246 valence electrons. The molecule has 11 N–H and O–H groups in total. The van der Waals surface area contributed by atoms with Crippen molar-refractivity contribution in [2.75, 3.05) is 6.61 Å². The Kier molecular flexibility index (Phi) is 11.2. The molecule has 0 unspecified atom stereocenters. The van der Waals surface area contributed by atoms with E-state index >= 15 is 0 Å². The number of aliphatic hydroxyl groups is 11. The second-order valence-corrected chi connectivity index (χ2v) is 11.1. The summed E-state index contributed by atoms with van der Waals surface area (Å²) in [5.41, 5.74) is 0. The van der Waals surface area contributed by atoms with E-state index in [1.54, 1.807) is 0 Å². The predicted molar refractivity (Wildman–Crippen MR) is 130 cm³/mol. The van der Waals surface area contributed by atoms with Crippen LogP contribution >= 0.6 is 0 Å². The molecule has 4 saturated heterocycles. The van der Waals surface area contributed by atoms with Gasteiger partial charge in [-0.2, -0.15) is 0 Å². The van der Waals surface area contributed by atoms with Gasteiger partial charge in [-0.05, 0) is 20.8 Å². The first kappa shape index (κ1) is 34.2. The molecule has 0 aromatic carbocycles. The molecule has 0 spiro atoms. The van der Waals surface area contributed by atoms with Crippen molar-refractivity contribution >= 4 is 0 Å². The highest BCUT2D eigenvalue weighted by molar-refractivity contribution is 4.96. The van der Waals surface area contributed by atoms with Gasteiger partial charge in [0.25, 0.3) is 0 Å². The van der Waals surface area contributed by atoms with Crippen molar-refractivity contribution in [3.63, 3.8) is 0 Å². The third kappa shape index (κ3) is 6.62. The van der Waals surface area contributed by atoms with E-state index in [2.05, 4.69) is 0 Å². The van der Waals surface area contributed by atoms with Gasteiger partial charge in [0.05, 0.1) is 24.9 Å². The van der Waals surface area contributed by atoms with Crippen LogP contribution in [0.1, 0.15) is 20.8 Å². The van der Waals surface area contributed by atoms with E-state index in [1.165, 1.54) is 20.8 Å². The van der Waals surface area contributed by atoms with Crippen molar-refractivity contribution in [3.8, 4) is 0 Å². The van der Waals surface area contributed by atoms with Crippen LogP contribution in [0, 0.1) is 0 Å². The average molecular weight is 619 g/mol. The molecule has 0 aromatic rings. The van der Waals surface area contributed by atoms with E-state index in [4.69, 9.17) is 33.2 Å². The van der Waals surface area contributed by atoms with Crippen LogP contribution in [-0.4, -0.2) is 186 Å². The van der Waals surface area contributed by atoms with Crippen LogP contribution in [0.2, 0.25) is 0 Å². The molecule has 18 nitrogen and oxygen atoms in total. The number of ether oxygens (including phenoxy) is 7. The molecule has 4 heterocycles. The maximum Gasteiger partial charge on any atom is 0.187 e. The highest BCUT2D eigenvalue weighted by atomic mass is 16.8. The summed E-state index contributed by atoms with van der Waals surface area (Å²) in [6, 6.07) is 0. The molecule has 0 bridgehead atoms. The van der Waals surface area contributed by atoms with Crippen LogP contribution in [0.5, 0.6) is 0 Å². The molecule has 0 saturated carbocycles. The minimum Gasteiger partial charge on any atom is -0.394 e. The molecule has 4 fully saturated rings. The van der Waals surface area contributed by atoms with Crippen molar-refractivity contribution in [1.29, 1.82) is 0 Å². The first-order chi connectivity index (χ1) is 19.7. The lowest BCUT2D eigenvalue weighted by Crippen LogP contribution is -2.66. The van der Waals surface area contributed by atoms with Crippen LogP contribution in [0.25, 0.3) is 0 Å². The van der Waals surface area contributed by atoms with Gasteiger partial charge in [-0.15, -0.1) is 0 Å². The minimum atomic E-state index is -1.85. The highest BCUT2D eigenvalue weighted by Crippen LogP contribution is 2.34. The Hall–Kier alpha value is -0.720. The molecule has 0 aromatic heterocycles. The smallest absolute Gasteiger partial charge is 0.187 e. The van der Waals surface area contributed by atoms with Crippen molar-refractivity contribution in [1.82, 2.24) is 0 Å². The number of hydrogen-bond donors (Lipinski definition) is 11. The Morgan fingerprint density at radius 1 is 0.429 bits per heavy atom. The predicted octanol–water partition coefficient (Wildman–Crippen LogP) is -6.67. The molecule has 0 radical (unpaired) electrons. The summed E-state index contributed by atoms with van der Waals surface area (Å²) >= 11 is 0. The Morgan fingerprint density at radius 2 is 0.857 bits per heavy atom. The Labute approximate surface area is 240 Å². The van der Waals surface area contributed by atoms with Crippen molar-refractivity contribution in [2.45, 2.75) is 144 Å². The van der Waals surface area contributed by atoms with E-state index in [1.807, 2.05) is 0 Å². The SMILES string of the molecule is C[C@@H]1O[C@@H](O)[C@H](O[C@@H]2O[C@@H](C)[C@H](O)[C@@H](O[C@@H]3O[C@@H](C)[C@H](O)[C@@H](O[C@@H]4O[C@H](CO)[C@H](O)[C@H](O)[C@H]4O)[C@H]3O)[C@H]2O)[C@H](O)[C@H]1O. The second-order valence-electron chi connectivity index (χ2n) is 11.1. The van der Waals surface area contributed by atoms with Crippen LogP contribution < -0.4 is 0 Å². The highest BCUT2D eigenvalue weighted by Gasteiger charge is 2.54. The zero-order valence-electron chi connectivity index (χ0n) is 23.0. The fraction of sp³-hybridized carbons (Fsp3) is 1.00. The van der Waals surface area contributed by atoms with Crippen LogP contribution in [-0.2, 0) is 33.2 Å². The van der Waals surface area contributed by atoms with Gasteiger partial charge >= 0.3 is 0 Å². The Morgan fingerprint density at radius 3 is 1.33 bits per heavy atom. The van der Waals surface area contributed by atoms with E-state index in [9.17, 15) is 56.2 Å². The van der Waals surface area contributed by atoms with Gasteiger partial charge in [-0.1, -0.05) is 0 Å². The maximum atomic E-state index is 11.0. The summed E-state index contributed by atoms with van der Waals surface area (Å²) in [5, 5.41) is 114. The standard InChI is InChI=1S/C24H42O18/c1-5-9(26)14(31)20(21(35)36-5)42-24-17(34)19(11(28)7(3)38-24)41-23-16(33)18(10(27)6(2)37-23)40-22-15(32)13(30)12(29)8(4-25)39-22/h5-35H,4H2,1-3H3/t5-,6-,7-,8+,9-,10-,11-,12-,13-,14+,15+,16+,17+,18+,19+,20+,21+,22-,23-,24-/m0/s1. The minimum absolute atomic E-state index is 0.744. The van der Waals surface area contributed by atoms with E-state index in [0.717, 1.165) is 0 Å². The summed E-state index contributed by atoms with van der Waals surface area (Å²) in [6.45, 7) is 3.47. The topological polar surface area (TPSA) is 287 Å². The molecule has 0 amide bonds. The van der Waals surface area contributed by atoms with Crippen molar-refractivity contribution in [3.05, 3.63) is 0 Å². The quantitative estimate of drug-likeness (QED) is 0.126. The molecular weight excluding hydrogens is 576 g/mol. The summed E-state index contributed by atoms with van der Waals surface area (Å²) in [7, 11) is 0. The Balaban J connectivity index is 1.47. The molecule has 4 aliphatic heterocycles. The van der Waals surface area contributed by atoms with Gasteiger partial charge < -0.3 is 89.3 Å². The first-order valence-corrected chi connectivity index (χ1v) is 13.7. The maximum absolute atomic E-state index is 11.0. The molecule has 4 rings (SSSR count). The van der Waals surface area contributed by atoms with Gasteiger partial charge in [0.2, 0.25) is 0 Å². The molecule has 20 atom stereocenters. The first-order valence-electron chi connectivity index (χ1n) is 13.7. The molecule has 18 heteroatoms. The summed E-state index contributed by atoms with van der Waals surface area (Å²) in [4.78, 5) is 0. The van der Waals surface area contributed by atoms with Crippen LogP contribution in [0.15, 0.2) is 0 Å². The van der Waals surface area contributed by atoms with E-state index in [-0.39, 0.29) is 0 Å². The molecule has 0 aliphatic carbocycles. The third-order valence-corrected chi connectivity index (χ3v) is 8.09. The number of hydrogen-bond acceptors (Lipinski definition) is 18. The fourth-order valence-electron chi connectivity index (χ4n) is 5.35. The van der Waals surface area contributed by atoms with Crippen molar-refractivity contribution in [2.24, 2.45) is 0 Å². The fourth-order valence-corrected chi connectivity index (χ4v) is 5.35. The zero-order valence-corrected chi connectivity index (χ0v) is 23.0. The van der Waals surface area contributed by atoms with Gasteiger partial charge in [-0.3, -0.25) is 0 Å². The lowest BCUT2D eigenvalue weighted by molar-refractivity contribution is -0.387. The van der Waals surface area contributed by atoms with Gasteiger partial charge in [0, 0.05) is 0 Å². The average Bonchev–Trinajstić information content (AvgIpc) is 2.95. The lowest BCUT2D eigenvalue weighted by atomic mass is 9.96. The molecule has 42 heavy (non-hydrogen) atoms. The summed E-state index contributed by atoms with van der Waals surface area (Å²) < 4.78 is 38.3. The Bertz CT molecular complexity index is 867. The normalized spacial score (nSPS) is 55.9. The van der Waals surface area contributed by atoms with Gasteiger partial charge in [0.1, 0.15) is 79.4 Å². The zero-order chi connectivity index (χ0) is 31.2. The largest absolute Gasteiger partial charge is 0.394 e. The lowest BCUT2D eigenvalue weighted by Gasteiger charge is -2.48. The number of rotatable bonds is 7. The molecule has 4 aliphatic rings. The van der Waals surface area contributed by atoms with Crippen LogP contribution in [0.3, 0.4) is 0 Å². The third-order valence-electron chi connectivity index (χ3n) is 8.09. The summed E-state index contributed by atoms with van der Waals surface area (Å²) in [6.07, 6.45) is -31.1. The van der Waals surface area contributed by atoms with Gasteiger partial charge in [0.15, 0.2) is 25.2 Å².